The molecule has 0 saturated heterocycles. The van der Waals surface area contributed by atoms with Gasteiger partial charge in [0.25, 0.3) is 0 Å². The molecule has 4 nitrogen and oxygen atoms in total. The fourth-order valence-corrected chi connectivity index (χ4v) is 2.17. The topological polar surface area (TPSA) is 45.5 Å². The quantitative estimate of drug-likeness (QED) is 0.901. The van der Waals surface area contributed by atoms with Gasteiger partial charge in [-0.05, 0) is 38.2 Å². The highest BCUT2D eigenvalue weighted by Crippen LogP contribution is 2.29. The first-order chi connectivity index (χ1) is 9.99. The summed E-state index contributed by atoms with van der Waals surface area (Å²) in [4.78, 5) is 14.1. The lowest BCUT2D eigenvalue weighted by Crippen LogP contribution is -2.39. The monoisotopic (exact) mass is 326 g/mol. The van der Waals surface area contributed by atoms with Crippen LogP contribution in [-0.4, -0.2) is 23.9 Å². The molecule has 112 valence electrons. The van der Waals surface area contributed by atoms with Crippen molar-refractivity contribution in [2.45, 2.75) is 19.5 Å². The van der Waals surface area contributed by atoms with Gasteiger partial charge in [0.15, 0.2) is 0 Å². The lowest BCUT2D eigenvalue weighted by molar-refractivity contribution is -0.120. The lowest BCUT2D eigenvalue weighted by atomic mass is 10.2. The Morgan fingerprint density at radius 3 is 2.76 bits per heavy atom. The highest BCUT2D eigenvalue weighted by Gasteiger charge is 2.20. The number of carbonyl (C=O) groups is 1. The van der Waals surface area contributed by atoms with E-state index in [0.717, 1.165) is 5.76 Å². The lowest BCUT2D eigenvalue weighted by Gasteiger charge is -2.23. The number of hydrogen-bond acceptors (Lipinski definition) is 3. The van der Waals surface area contributed by atoms with Crippen molar-refractivity contribution in [1.82, 2.24) is 4.90 Å². The van der Waals surface area contributed by atoms with Crippen LogP contribution in [0.5, 0.6) is 0 Å². The van der Waals surface area contributed by atoms with Crippen molar-refractivity contribution in [3.05, 3.63) is 52.4 Å². The third kappa shape index (κ3) is 4.00. The SMILES string of the molecule is CC(C(=O)Nc1cccc(Cl)c1Cl)N(C)Cc1ccco1. The number of carbonyl (C=O) groups excluding carboxylic acids is 1. The van der Waals surface area contributed by atoms with Crippen molar-refractivity contribution in [1.29, 1.82) is 0 Å². The number of furan rings is 1. The summed E-state index contributed by atoms with van der Waals surface area (Å²) in [6.45, 7) is 2.36. The number of rotatable bonds is 5. The Hall–Kier alpha value is -1.49. The van der Waals surface area contributed by atoms with Gasteiger partial charge in [-0.3, -0.25) is 9.69 Å². The molecule has 1 unspecified atom stereocenters. The van der Waals surface area contributed by atoms with Gasteiger partial charge >= 0.3 is 0 Å². The molecule has 0 aliphatic heterocycles. The Balaban J connectivity index is 2.00. The molecule has 0 aliphatic rings. The standard InChI is InChI=1S/C15H16Cl2N2O2/c1-10(19(2)9-11-5-4-8-21-11)15(20)18-13-7-3-6-12(16)14(13)17/h3-8,10H,9H2,1-2H3,(H,18,20). The Kier molecular flexibility index (Phi) is 5.28. The minimum atomic E-state index is -0.342. The van der Waals surface area contributed by atoms with Crippen molar-refractivity contribution >= 4 is 34.8 Å². The summed E-state index contributed by atoms with van der Waals surface area (Å²) in [5, 5.41) is 3.53. The van der Waals surface area contributed by atoms with Crippen molar-refractivity contribution in [2.24, 2.45) is 0 Å². The van der Waals surface area contributed by atoms with E-state index in [2.05, 4.69) is 5.32 Å². The van der Waals surface area contributed by atoms with Gasteiger partial charge in [0, 0.05) is 0 Å². The molecule has 0 bridgehead atoms. The van der Waals surface area contributed by atoms with Crippen LogP contribution in [0.2, 0.25) is 10.0 Å². The van der Waals surface area contributed by atoms with Crippen LogP contribution in [0.25, 0.3) is 0 Å². The molecule has 0 saturated carbocycles. The van der Waals surface area contributed by atoms with Crippen molar-refractivity contribution in [3.8, 4) is 0 Å². The Morgan fingerprint density at radius 2 is 2.10 bits per heavy atom. The number of halogens is 2. The fraction of sp³-hybridized carbons (Fsp3) is 0.267. The summed E-state index contributed by atoms with van der Waals surface area (Å²) >= 11 is 12.0. The van der Waals surface area contributed by atoms with Gasteiger partial charge in [-0.15, -0.1) is 0 Å². The van der Waals surface area contributed by atoms with Gasteiger partial charge in [-0.1, -0.05) is 29.3 Å². The Labute approximate surface area is 133 Å². The normalized spacial score (nSPS) is 12.4. The number of nitrogens with zero attached hydrogens (tertiary/aromatic N) is 1. The van der Waals surface area contributed by atoms with Crippen LogP contribution in [0.1, 0.15) is 12.7 Å². The fourth-order valence-electron chi connectivity index (χ4n) is 1.82. The van der Waals surface area contributed by atoms with Gasteiger partial charge in [0.1, 0.15) is 5.76 Å². The first kappa shape index (κ1) is 15.9. The average molecular weight is 327 g/mol. The van der Waals surface area contributed by atoms with Crippen LogP contribution in [0, 0.1) is 0 Å². The second-order valence-electron chi connectivity index (χ2n) is 4.76. The number of likely N-dealkylation sites (N-methyl/N-ethyl adjacent to an activating group) is 1. The van der Waals surface area contributed by atoms with E-state index >= 15 is 0 Å². The molecule has 1 N–H and O–H groups in total. The number of amides is 1. The Bertz CT molecular complexity index is 614. The number of nitrogens with one attached hydrogen (secondary N) is 1. The number of hydrogen-bond donors (Lipinski definition) is 1. The maximum Gasteiger partial charge on any atom is 0.241 e. The van der Waals surface area contributed by atoms with E-state index in [1.54, 1.807) is 24.5 Å². The van der Waals surface area contributed by atoms with Crippen LogP contribution in [0.3, 0.4) is 0 Å². The largest absolute Gasteiger partial charge is 0.468 e. The zero-order chi connectivity index (χ0) is 15.4. The molecule has 1 aromatic carbocycles. The Morgan fingerprint density at radius 1 is 1.33 bits per heavy atom. The third-order valence-electron chi connectivity index (χ3n) is 3.24. The first-order valence-corrected chi connectivity index (χ1v) is 7.22. The summed E-state index contributed by atoms with van der Waals surface area (Å²) in [5.41, 5.74) is 0.507. The molecule has 1 heterocycles. The molecule has 1 atom stereocenters. The van der Waals surface area contributed by atoms with Crippen molar-refractivity contribution in [3.63, 3.8) is 0 Å². The third-order valence-corrected chi connectivity index (χ3v) is 4.05. The van der Waals surface area contributed by atoms with Gasteiger partial charge in [-0.25, -0.2) is 0 Å². The average Bonchev–Trinajstić information content (AvgIpc) is 2.95. The van der Waals surface area contributed by atoms with Gasteiger partial charge < -0.3 is 9.73 Å². The zero-order valence-electron chi connectivity index (χ0n) is 11.8. The summed E-state index contributed by atoms with van der Waals surface area (Å²) in [6, 6.07) is 8.47. The van der Waals surface area contributed by atoms with E-state index in [1.807, 2.05) is 31.0 Å². The summed E-state index contributed by atoms with van der Waals surface area (Å²) < 4.78 is 5.28. The molecule has 0 aliphatic carbocycles. The molecule has 1 aromatic heterocycles. The minimum Gasteiger partial charge on any atom is -0.468 e. The van der Waals surface area contributed by atoms with Crippen LogP contribution in [-0.2, 0) is 11.3 Å². The molecular weight excluding hydrogens is 311 g/mol. The van der Waals surface area contributed by atoms with Crippen molar-refractivity contribution < 1.29 is 9.21 Å². The molecule has 2 aromatic rings. The highest BCUT2D eigenvalue weighted by molar-refractivity contribution is 6.44. The first-order valence-electron chi connectivity index (χ1n) is 6.46. The van der Waals surface area contributed by atoms with Crippen molar-refractivity contribution in [2.75, 3.05) is 12.4 Å². The second kappa shape index (κ2) is 6.98. The summed E-state index contributed by atoms with van der Waals surface area (Å²) in [7, 11) is 1.85. The highest BCUT2D eigenvalue weighted by atomic mass is 35.5. The maximum absolute atomic E-state index is 12.3. The van der Waals surface area contributed by atoms with Crippen LogP contribution >= 0.6 is 23.2 Å². The van der Waals surface area contributed by atoms with Crippen LogP contribution in [0.15, 0.2) is 41.0 Å². The van der Waals surface area contributed by atoms with E-state index in [-0.39, 0.29) is 11.9 Å². The van der Waals surface area contributed by atoms with Gasteiger partial charge in [0.05, 0.1) is 34.6 Å². The predicted octanol–water partition coefficient (Wildman–Crippen LogP) is 4.05. The summed E-state index contributed by atoms with van der Waals surface area (Å²) in [6.07, 6.45) is 1.61. The molecule has 0 fully saturated rings. The maximum atomic E-state index is 12.3. The van der Waals surface area contributed by atoms with Crippen LogP contribution < -0.4 is 5.32 Å². The predicted molar refractivity (Wildman–Crippen MR) is 84.7 cm³/mol. The number of benzene rings is 1. The van der Waals surface area contributed by atoms with Crippen LogP contribution in [0.4, 0.5) is 5.69 Å². The minimum absolute atomic E-state index is 0.159. The zero-order valence-corrected chi connectivity index (χ0v) is 13.3. The van der Waals surface area contributed by atoms with E-state index in [4.69, 9.17) is 27.6 Å². The molecule has 21 heavy (non-hydrogen) atoms. The molecule has 0 radical (unpaired) electrons. The van der Waals surface area contributed by atoms with E-state index < -0.39 is 0 Å². The smallest absolute Gasteiger partial charge is 0.241 e. The van der Waals surface area contributed by atoms with E-state index in [1.165, 1.54) is 0 Å². The van der Waals surface area contributed by atoms with E-state index in [0.29, 0.717) is 22.3 Å². The van der Waals surface area contributed by atoms with Gasteiger partial charge in [-0.2, -0.15) is 0 Å². The molecule has 2 rings (SSSR count). The van der Waals surface area contributed by atoms with Gasteiger partial charge in [0.2, 0.25) is 5.91 Å². The summed E-state index contributed by atoms with van der Waals surface area (Å²) in [5.74, 6) is 0.645. The second-order valence-corrected chi connectivity index (χ2v) is 5.55. The number of anilines is 1. The molecular formula is C15H16Cl2N2O2. The van der Waals surface area contributed by atoms with E-state index in [9.17, 15) is 4.79 Å². The molecule has 1 amide bonds. The molecule has 6 heteroatoms. The molecule has 0 spiro atoms.